The average Bonchev–Trinajstić information content (AvgIpc) is 2.42. The van der Waals surface area contributed by atoms with Crippen LogP contribution in [-0.4, -0.2) is 11.7 Å². The minimum Gasteiger partial charge on any atom is -0.325 e. The molecule has 0 bridgehead atoms. The minimum atomic E-state index is -0.333. The van der Waals surface area contributed by atoms with Gasteiger partial charge in [-0.1, -0.05) is 35.3 Å². The number of benzene rings is 2. The SMILES string of the molecule is O=C(CSc1ccccc1F)Nc1ccc(Cl)c(Cl)c1. The number of anilines is 1. The van der Waals surface area contributed by atoms with Gasteiger partial charge in [-0.2, -0.15) is 0 Å². The maximum Gasteiger partial charge on any atom is 0.234 e. The van der Waals surface area contributed by atoms with Crippen molar-refractivity contribution in [1.29, 1.82) is 0 Å². The van der Waals surface area contributed by atoms with Crippen LogP contribution in [0.4, 0.5) is 10.1 Å². The number of thioether (sulfide) groups is 1. The Morgan fingerprint density at radius 2 is 1.90 bits per heavy atom. The number of hydrogen-bond acceptors (Lipinski definition) is 2. The molecular weight excluding hydrogens is 320 g/mol. The van der Waals surface area contributed by atoms with Gasteiger partial charge >= 0.3 is 0 Å². The number of rotatable bonds is 4. The highest BCUT2D eigenvalue weighted by Crippen LogP contribution is 2.25. The van der Waals surface area contributed by atoms with E-state index in [1.807, 2.05) is 0 Å². The van der Waals surface area contributed by atoms with Crippen LogP contribution in [0.25, 0.3) is 0 Å². The molecule has 0 unspecified atom stereocenters. The molecular formula is C14H10Cl2FNOS. The van der Waals surface area contributed by atoms with Crippen molar-refractivity contribution in [1.82, 2.24) is 0 Å². The first-order valence-corrected chi connectivity index (χ1v) is 7.42. The first kappa shape index (κ1) is 15.2. The van der Waals surface area contributed by atoms with Gasteiger partial charge in [0.1, 0.15) is 5.82 Å². The number of carbonyl (C=O) groups excluding carboxylic acids is 1. The lowest BCUT2D eigenvalue weighted by Crippen LogP contribution is -2.14. The molecule has 0 aliphatic rings. The lowest BCUT2D eigenvalue weighted by Gasteiger charge is -2.06. The lowest BCUT2D eigenvalue weighted by atomic mass is 10.3. The van der Waals surface area contributed by atoms with E-state index in [2.05, 4.69) is 5.32 Å². The van der Waals surface area contributed by atoms with Crippen LogP contribution in [-0.2, 0) is 4.79 Å². The molecule has 1 N–H and O–H groups in total. The summed E-state index contributed by atoms with van der Waals surface area (Å²) in [5.74, 6) is -0.460. The maximum atomic E-state index is 13.4. The summed E-state index contributed by atoms with van der Waals surface area (Å²) in [5.41, 5.74) is 0.554. The Balaban J connectivity index is 1.93. The predicted octanol–water partition coefficient (Wildman–Crippen LogP) is 4.86. The van der Waals surface area contributed by atoms with E-state index in [-0.39, 0.29) is 17.5 Å². The fourth-order valence-electron chi connectivity index (χ4n) is 1.48. The number of carbonyl (C=O) groups is 1. The van der Waals surface area contributed by atoms with Crippen LogP contribution in [0.15, 0.2) is 47.4 Å². The summed E-state index contributed by atoms with van der Waals surface area (Å²) in [7, 11) is 0. The third-order valence-corrected chi connectivity index (χ3v) is 4.19. The summed E-state index contributed by atoms with van der Waals surface area (Å²) in [4.78, 5) is 12.2. The van der Waals surface area contributed by atoms with Crippen LogP contribution >= 0.6 is 35.0 Å². The summed E-state index contributed by atoms with van der Waals surface area (Å²) >= 11 is 12.8. The molecule has 2 aromatic carbocycles. The summed E-state index contributed by atoms with van der Waals surface area (Å²) in [6, 6.07) is 11.1. The van der Waals surface area contributed by atoms with Crippen LogP contribution < -0.4 is 5.32 Å². The van der Waals surface area contributed by atoms with Crippen molar-refractivity contribution in [3.63, 3.8) is 0 Å². The molecule has 0 heterocycles. The highest BCUT2D eigenvalue weighted by molar-refractivity contribution is 8.00. The third-order valence-electron chi connectivity index (χ3n) is 2.40. The molecule has 0 aromatic heterocycles. The molecule has 2 nitrogen and oxygen atoms in total. The van der Waals surface area contributed by atoms with Gasteiger partial charge in [-0.05, 0) is 30.3 Å². The van der Waals surface area contributed by atoms with Crippen molar-refractivity contribution < 1.29 is 9.18 Å². The van der Waals surface area contributed by atoms with Crippen molar-refractivity contribution in [3.05, 3.63) is 58.3 Å². The topological polar surface area (TPSA) is 29.1 Å². The Hall–Kier alpha value is -1.23. The molecule has 2 aromatic rings. The van der Waals surface area contributed by atoms with Crippen LogP contribution in [0.2, 0.25) is 10.0 Å². The maximum absolute atomic E-state index is 13.4. The predicted molar refractivity (Wildman–Crippen MR) is 82.2 cm³/mol. The zero-order valence-corrected chi connectivity index (χ0v) is 12.5. The van der Waals surface area contributed by atoms with E-state index < -0.39 is 0 Å². The summed E-state index contributed by atoms with van der Waals surface area (Å²) in [6.45, 7) is 0. The number of amides is 1. The quantitative estimate of drug-likeness (QED) is 0.811. The molecule has 0 radical (unpaired) electrons. The number of hydrogen-bond donors (Lipinski definition) is 1. The second-order valence-corrected chi connectivity index (χ2v) is 5.73. The van der Waals surface area contributed by atoms with Crippen LogP contribution in [0.1, 0.15) is 0 Å². The highest BCUT2D eigenvalue weighted by atomic mass is 35.5. The standard InChI is InChI=1S/C14H10Cl2FNOS/c15-10-6-5-9(7-11(10)16)18-14(19)8-20-13-4-2-1-3-12(13)17/h1-7H,8H2,(H,18,19). The Morgan fingerprint density at radius 3 is 2.60 bits per heavy atom. The molecule has 104 valence electrons. The first-order valence-electron chi connectivity index (χ1n) is 5.68. The Kier molecular flexibility index (Phi) is 5.29. The zero-order valence-electron chi connectivity index (χ0n) is 10.2. The Labute approximate surface area is 130 Å². The van der Waals surface area contributed by atoms with Crippen molar-refractivity contribution in [2.45, 2.75) is 4.90 Å². The first-order chi connectivity index (χ1) is 9.56. The lowest BCUT2D eigenvalue weighted by molar-refractivity contribution is -0.113. The smallest absolute Gasteiger partial charge is 0.234 e. The van der Waals surface area contributed by atoms with Crippen molar-refractivity contribution in [3.8, 4) is 0 Å². The van der Waals surface area contributed by atoms with E-state index in [9.17, 15) is 9.18 Å². The Bertz CT molecular complexity index is 636. The van der Waals surface area contributed by atoms with Crippen LogP contribution in [0, 0.1) is 5.82 Å². The van der Waals surface area contributed by atoms with Gasteiger partial charge in [-0.15, -0.1) is 11.8 Å². The van der Waals surface area contributed by atoms with Gasteiger partial charge in [-0.25, -0.2) is 4.39 Å². The normalized spacial score (nSPS) is 10.3. The molecule has 0 spiro atoms. The monoisotopic (exact) mass is 329 g/mol. The fourth-order valence-corrected chi connectivity index (χ4v) is 2.51. The molecule has 6 heteroatoms. The molecule has 0 atom stereocenters. The molecule has 0 saturated heterocycles. The van der Waals surface area contributed by atoms with E-state index in [0.717, 1.165) is 11.8 Å². The molecule has 0 fully saturated rings. The minimum absolute atomic E-state index is 0.112. The average molecular weight is 330 g/mol. The van der Waals surface area contributed by atoms with E-state index in [1.165, 1.54) is 6.07 Å². The van der Waals surface area contributed by atoms with Crippen LogP contribution in [0.3, 0.4) is 0 Å². The summed E-state index contributed by atoms with van der Waals surface area (Å²) < 4.78 is 13.4. The molecule has 0 aliphatic carbocycles. The second-order valence-electron chi connectivity index (χ2n) is 3.90. The number of nitrogens with one attached hydrogen (secondary N) is 1. The Morgan fingerprint density at radius 1 is 1.15 bits per heavy atom. The highest BCUT2D eigenvalue weighted by Gasteiger charge is 2.07. The van der Waals surface area contributed by atoms with E-state index in [0.29, 0.717) is 20.6 Å². The van der Waals surface area contributed by atoms with Gasteiger partial charge in [0.25, 0.3) is 0 Å². The van der Waals surface area contributed by atoms with Gasteiger partial charge in [-0.3, -0.25) is 4.79 Å². The van der Waals surface area contributed by atoms with Gasteiger partial charge < -0.3 is 5.32 Å². The summed E-state index contributed by atoms with van der Waals surface area (Å²) in [5, 5.41) is 3.46. The fraction of sp³-hybridized carbons (Fsp3) is 0.0714. The van der Waals surface area contributed by atoms with Crippen molar-refractivity contribution in [2.24, 2.45) is 0 Å². The molecule has 0 aliphatic heterocycles. The van der Waals surface area contributed by atoms with Gasteiger partial charge in [0.2, 0.25) is 5.91 Å². The molecule has 1 amide bonds. The molecule has 0 saturated carbocycles. The molecule has 20 heavy (non-hydrogen) atoms. The zero-order chi connectivity index (χ0) is 14.5. The van der Waals surface area contributed by atoms with E-state index in [1.54, 1.807) is 36.4 Å². The number of halogens is 3. The van der Waals surface area contributed by atoms with E-state index in [4.69, 9.17) is 23.2 Å². The van der Waals surface area contributed by atoms with Crippen molar-refractivity contribution in [2.75, 3.05) is 11.1 Å². The summed E-state index contributed by atoms with van der Waals surface area (Å²) in [6.07, 6.45) is 0. The van der Waals surface area contributed by atoms with Crippen molar-refractivity contribution >= 4 is 46.6 Å². The van der Waals surface area contributed by atoms with E-state index >= 15 is 0 Å². The van der Waals surface area contributed by atoms with Gasteiger partial charge in [0.05, 0.1) is 15.8 Å². The third kappa shape index (κ3) is 4.13. The van der Waals surface area contributed by atoms with Gasteiger partial charge in [0, 0.05) is 10.6 Å². The second kappa shape index (κ2) is 6.97. The van der Waals surface area contributed by atoms with Gasteiger partial charge in [0.15, 0.2) is 0 Å². The molecule has 2 rings (SSSR count). The van der Waals surface area contributed by atoms with Crippen LogP contribution in [0.5, 0.6) is 0 Å². The largest absolute Gasteiger partial charge is 0.325 e.